The predicted octanol–water partition coefficient (Wildman–Crippen LogP) is 3.07. The fourth-order valence-electron chi connectivity index (χ4n) is 0.870. The molecular formula is C8H9Cl2OP. The van der Waals surface area contributed by atoms with Crippen LogP contribution in [0.1, 0.15) is 0 Å². The highest BCUT2D eigenvalue weighted by Crippen LogP contribution is 2.45. The molecule has 1 nitrogen and oxygen atoms in total. The second kappa shape index (κ2) is 4.32. The summed E-state index contributed by atoms with van der Waals surface area (Å²) in [6.45, 7) is 0. The molecule has 4 heteroatoms. The normalized spacial score (nSPS) is 11.5. The lowest BCUT2D eigenvalue weighted by molar-refractivity contribution is 0.586. The third-order valence-corrected chi connectivity index (χ3v) is 5.94. The maximum Gasteiger partial charge on any atom is 0.143 e. The van der Waals surface area contributed by atoms with E-state index in [0.717, 1.165) is 5.30 Å². The van der Waals surface area contributed by atoms with Crippen LogP contribution in [0.4, 0.5) is 0 Å². The highest BCUT2D eigenvalue weighted by molar-refractivity contribution is 7.74. The minimum atomic E-state index is -2.50. The van der Waals surface area contributed by atoms with Gasteiger partial charge in [0.05, 0.1) is 11.2 Å². The van der Waals surface area contributed by atoms with Crippen molar-refractivity contribution >= 4 is 35.6 Å². The van der Waals surface area contributed by atoms with Gasteiger partial charge in [-0.1, -0.05) is 30.3 Å². The predicted molar refractivity (Wildman–Crippen MR) is 55.1 cm³/mol. The Balaban J connectivity index is 3.04. The molecule has 0 aliphatic carbocycles. The number of hydrogen-bond donors (Lipinski definition) is 0. The van der Waals surface area contributed by atoms with Crippen molar-refractivity contribution in [1.29, 1.82) is 0 Å². The number of rotatable bonds is 3. The zero-order chi connectivity index (χ0) is 9.03. The Morgan fingerprint density at radius 1 is 1.08 bits per heavy atom. The molecule has 0 saturated carbocycles. The van der Waals surface area contributed by atoms with Gasteiger partial charge < -0.3 is 4.57 Å². The van der Waals surface area contributed by atoms with Crippen molar-refractivity contribution in [2.24, 2.45) is 0 Å². The van der Waals surface area contributed by atoms with E-state index in [-0.39, 0.29) is 11.2 Å². The van der Waals surface area contributed by atoms with Gasteiger partial charge in [-0.3, -0.25) is 0 Å². The van der Waals surface area contributed by atoms with Gasteiger partial charge in [-0.25, -0.2) is 0 Å². The fraction of sp³-hybridized carbons (Fsp3) is 0.250. The molecule has 0 fully saturated rings. The Morgan fingerprint density at radius 2 is 1.58 bits per heavy atom. The van der Waals surface area contributed by atoms with Crippen LogP contribution < -0.4 is 5.30 Å². The molecule has 12 heavy (non-hydrogen) atoms. The van der Waals surface area contributed by atoms with E-state index in [0.29, 0.717) is 0 Å². The summed E-state index contributed by atoms with van der Waals surface area (Å²) in [4.78, 5) is 0. The molecule has 1 aromatic carbocycles. The molecule has 0 aromatic heterocycles. The first-order valence-corrected chi connectivity index (χ1v) is 6.63. The average Bonchev–Trinajstić information content (AvgIpc) is 2.18. The van der Waals surface area contributed by atoms with Crippen molar-refractivity contribution in [1.82, 2.24) is 0 Å². The fourth-order valence-corrected chi connectivity index (χ4v) is 3.52. The molecule has 1 aromatic rings. The van der Waals surface area contributed by atoms with Gasteiger partial charge in [0.2, 0.25) is 0 Å². The highest BCUT2D eigenvalue weighted by atomic mass is 35.5. The lowest BCUT2D eigenvalue weighted by atomic mass is 10.4. The number of benzene rings is 1. The first-order valence-electron chi connectivity index (χ1n) is 3.48. The first kappa shape index (κ1) is 10.1. The van der Waals surface area contributed by atoms with Gasteiger partial charge in [0.1, 0.15) is 7.14 Å². The number of alkyl halides is 2. The molecule has 0 bridgehead atoms. The van der Waals surface area contributed by atoms with Crippen molar-refractivity contribution in [2.45, 2.75) is 0 Å². The van der Waals surface area contributed by atoms with E-state index in [1.165, 1.54) is 0 Å². The van der Waals surface area contributed by atoms with Crippen LogP contribution in [0.25, 0.3) is 0 Å². The zero-order valence-corrected chi connectivity index (χ0v) is 8.82. The smallest absolute Gasteiger partial charge is 0.143 e. The molecule has 0 unspecified atom stereocenters. The van der Waals surface area contributed by atoms with Crippen LogP contribution in [0, 0.1) is 0 Å². The molecule has 0 aliphatic heterocycles. The molecular weight excluding hydrogens is 214 g/mol. The van der Waals surface area contributed by atoms with Gasteiger partial charge in [0.15, 0.2) is 0 Å². The van der Waals surface area contributed by atoms with Crippen molar-refractivity contribution < 1.29 is 4.57 Å². The summed E-state index contributed by atoms with van der Waals surface area (Å²) >= 11 is 11.2. The van der Waals surface area contributed by atoms with Crippen LogP contribution in [0.5, 0.6) is 0 Å². The van der Waals surface area contributed by atoms with E-state index in [9.17, 15) is 4.57 Å². The van der Waals surface area contributed by atoms with Gasteiger partial charge in [-0.05, 0) is 0 Å². The first-order chi connectivity index (χ1) is 5.73. The minimum Gasteiger partial charge on any atom is -0.316 e. The number of hydrogen-bond acceptors (Lipinski definition) is 1. The summed E-state index contributed by atoms with van der Waals surface area (Å²) in [5, 5.41) is 0.759. The average molecular weight is 223 g/mol. The van der Waals surface area contributed by atoms with Crippen LogP contribution >= 0.6 is 30.3 Å². The van der Waals surface area contributed by atoms with Gasteiger partial charge in [0, 0.05) is 5.30 Å². The van der Waals surface area contributed by atoms with Crippen LogP contribution in [0.15, 0.2) is 30.3 Å². The second-order valence-electron chi connectivity index (χ2n) is 2.46. The van der Waals surface area contributed by atoms with E-state index in [1.54, 1.807) is 12.1 Å². The summed E-state index contributed by atoms with van der Waals surface area (Å²) in [6, 6.07) is 9.13. The summed E-state index contributed by atoms with van der Waals surface area (Å²) in [7, 11) is -2.50. The Kier molecular flexibility index (Phi) is 3.64. The summed E-state index contributed by atoms with van der Waals surface area (Å²) < 4.78 is 11.9. The Bertz CT molecular complexity index is 278. The maximum atomic E-state index is 11.9. The van der Waals surface area contributed by atoms with E-state index in [2.05, 4.69) is 0 Å². The maximum absolute atomic E-state index is 11.9. The molecule has 0 heterocycles. The Labute approximate surface area is 82.1 Å². The molecule has 66 valence electrons. The lowest BCUT2D eigenvalue weighted by Crippen LogP contribution is -2.05. The Morgan fingerprint density at radius 3 is 2.00 bits per heavy atom. The SMILES string of the molecule is O=P(CCl)(CCl)c1ccccc1. The van der Waals surface area contributed by atoms with Gasteiger partial charge >= 0.3 is 0 Å². The van der Waals surface area contributed by atoms with Gasteiger partial charge in [-0.2, -0.15) is 0 Å². The van der Waals surface area contributed by atoms with E-state index < -0.39 is 7.14 Å². The molecule has 0 N–H and O–H groups in total. The molecule has 1 rings (SSSR count). The van der Waals surface area contributed by atoms with Crippen molar-refractivity contribution in [3.05, 3.63) is 30.3 Å². The summed E-state index contributed by atoms with van der Waals surface area (Å²) in [5.41, 5.74) is 0.223. The van der Waals surface area contributed by atoms with E-state index in [1.807, 2.05) is 18.2 Å². The minimum absolute atomic E-state index is 0.112. The summed E-state index contributed by atoms with van der Waals surface area (Å²) in [6.07, 6.45) is 0. The molecule has 0 amide bonds. The third-order valence-electron chi connectivity index (χ3n) is 1.61. The standard InChI is InChI=1S/C8H9Cl2OP/c9-6-12(11,7-10)8-4-2-1-3-5-8/h1-5H,6-7H2. The van der Waals surface area contributed by atoms with Gasteiger partial charge in [-0.15, -0.1) is 23.2 Å². The van der Waals surface area contributed by atoms with E-state index >= 15 is 0 Å². The number of halogens is 2. The summed E-state index contributed by atoms with van der Waals surface area (Å²) in [5.74, 6) is 0. The zero-order valence-electron chi connectivity index (χ0n) is 6.41. The molecule has 0 radical (unpaired) electrons. The third kappa shape index (κ3) is 2.04. The van der Waals surface area contributed by atoms with Gasteiger partial charge in [0.25, 0.3) is 0 Å². The van der Waals surface area contributed by atoms with Crippen LogP contribution in [-0.2, 0) is 4.57 Å². The van der Waals surface area contributed by atoms with E-state index in [4.69, 9.17) is 23.2 Å². The quantitative estimate of drug-likeness (QED) is 0.568. The van der Waals surface area contributed by atoms with Crippen molar-refractivity contribution in [3.8, 4) is 0 Å². The highest BCUT2D eigenvalue weighted by Gasteiger charge is 2.21. The largest absolute Gasteiger partial charge is 0.316 e. The monoisotopic (exact) mass is 222 g/mol. The second-order valence-corrected chi connectivity index (χ2v) is 6.67. The van der Waals surface area contributed by atoms with Crippen LogP contribution in [0.2, 0.25) is 0 Å². The Hall–Kier alpha value is 0.0300. The van der Waals surface area contributed by atoms with Crippen LogP contribution in [0.3, 0.4) is 0 Å². The van der Waals surface area contributed by atoms with Crippen molar-refractivity contribution in [2.75, 3.05) is 11.2 Å². The molecule has 0 aliphatic rings. The van der Waals surface area contributed by atoms with Crippen molar-refractivity contribution in [3.63, 3.8) is 0 Å². The molecule has 0 spiro atoms. The molecule has 0 atom stereocenters. The topological polar surface area (TPSA) is 17.1 Å². The lowest BCUT2D eigenvalue weighted by Gasteiger charge is -2.11. The molecule has 0 saturated heterocycles. The van der Waals surface area contributed by atoms with Crippen LogP contribution in [-0.4, -0.2) is 11.2 Å².